The molecular formula is C11H20O3. The standard InChI is InChI=1S/C9H14O3.C2H6/c1-6-4-7(10)9(12-3)8(5-6)11-2;1-2/h4-5,7,9-10H,1-3H3;1-2H3. The summed E-state index contributed by atoms with van der Waals surface area (Å²) in [7, 11) is 3.12. The Hall–Kier alpha value is -0.800. The monoisotopic (exact) mass is 200 g/mol. The number of methoxy groups -OCH3 is 2. The molecular weight excluding hydrogens is 180 g/mol. The van der Waals surface area contributed by atoms with Gasteiger partial charge in [-0.3, -0.25) is 0 Å². The topological polar surface area (TPSA) is 38.7 Å². The quantitative estimate of drug-likeness (QED) is 0.739. The van der Waals surface area contributed by atoms with Crippen LogP contribution in [0.15, 0.2) is 23.5 Å². The summed E-state index contributed by atoms with van der Waals surface area (Å²) in [4.78, 5) is 0. The number of aliphatic hydroxyl groups is 1. The van der Waals surface area contributed by atoms with Gasteiger partial charge in [-0.15, -0.1) is 0 Å². The van der Waals surface area contributed by atoms with Crippen molar-refractivity contribution in [2.24, 2.45) is 0 Å². The van der Waals surface area contributed by atoms with Crippen LogP contribution in [-0.2, 0) is 9.47 Å². The van der Waals surface area contributed by atoms with Crippen LogP contribution in [0.25, 0.3) is 0 Å². The van der Waals surface area contributed by atoms with Gasteiger partial charge in [0.25, 0.3) is 0 Å². The smallest absolute Gasteiger partial charge is 0.143 e. The lowest BCUT2D eigenvalue weighted by atomic mass is 10.0. The van der Waals surface area contributed by atoms with E-state index in [2.05, 4.69) is 0 Å². The van der Waals surface area contributed by atoms with Crippen molar-refractivity contribution >= 4 is 0 Å². The van der Waals surface area contributed by atoms with Crippen molar-refractivity contribution in [2.45, 2.75) is 33.0 Å². The summed E-state index contributed by atoms with van der Waals surface area (Å²) in [6.07, 6.45) is 2.64. The van der Waals surface area contributed by atoms with Crippen LogP contribution in [0.3, 0.4) is 0 Å². The van der Waals surface area contributed by atoms with Crippen molar-refractivity contribution in [1.82, 2.24) is 0 Å². The van der Waals surface area contributed by atoms with Crippen LogP contribution in [-0.4, -0.2) is 31.5 Å². The molecule has 82 valence electrons. The van der Waals surface area contributed by atoms with E-state index in [1.807, 2.05) is 26.8 Å². The highest BCUT2D eigenvalue weighted by Gasteiger charge is 2.25. The predicted octanol–water partition coefficient (Wildman–Crippen LogP) is 1.88. The predicted molar refractivity (Wildman–Crippen MR) is 57.0 cm³/mol. The Labute approximate surface area is 86.0 Å². The molecule has 1 aliphatic rings. The first-order valence-electron chi connectivity index (χ1n) is 4.84. The van der Waals surface area contributed by atoms with Crippen LogP contribution in [0.2, 0.25) is 0 Å². The second kappa shape index (κ2) is 6.62. The molecule has 0 radical (unpaired) electrons. The van der Waals surface area contributed by atoms with E-state index in [4.69, 9.17) is 9.47 Å². The Balaban J connectivity index is 0.000000791. The molecule has 0 fully saturated rings. The molecule has 0 spiro atoms. The van der Waals surface area contributed by atoms with Gasteiger partial charge in [0.05, 0.1) is 7.11 Å². The fraction of sp³-hybridized carbons (Fsp3) is 0.636. The summed E-state index contributed by atoms with van der Waals surface area (Å²) >= 11 is 0. The summed E-state index contributed by atoms with van der Waals surface area (Å²) in [5.41, 5.74) is 0.993. The van der Waals surface area contributed by atoms with E-state index in [1.54, 1.807) is 20.3 Å². The fourth-order valence-electron chi connectivity index (χ4n) is 1.31. The molecule has 0 aromatic rings. The number of ether oxygens (including phenoxy) is 2. The molecule has 3 heteroatoms. The molecule has 0 amide bonds. The third kappa shape index (κ3) is 3.16. The maximum atomic E-state index is 9.52. The van der Waals surface area contributed by atoms with Gasteiger partial charge in [0, 0.05) is 7.11 Å². The Morgan fingerprint density at radius 3 is 2.29 bits per heavy atom. The average molecular weight is 200 g/mol. The number of aliphatic hydroxyl groups excluding tert-OH is 1. The average Bonchev–Trinajstić information content (AvgIpc) is 2.19. The first kappa shape index (κ1) is 13.2. The third-order valence-corrected chi connectivity index (χ3v) is 1.88. The van der Waals surface area contributed by atoms with Gasteiger partial charge < -0.3 is 14.6 Å². The van der Waals surface area contributed by atoms with E-state index in [0.717, 1.165) is 5.57 Å². The molecule has 3 nitrogen and oxygen atoms in total. The maximum Gasteiger partial charge on any atom is 0.143 e. The molecule has 0 aliphatic heterocycles. The first-order valence-corrected chi connectivity index (χ1v) is 4.84. The van der Waals surface area contributed by atoms with Crippen LogP contribution in [0.1, 0.15) is 20.8 Å². The lowest BCUT2D eigenvalue weighted by molar-refractivity contribution is 0.00147. The van der Waals surface area contributed by atoms with E-state index in [0.29, 0.717) is 5.76 Å². The van der Waals surface area contributed by atoms with Gasteiger partial charge in [-0.25, -0.2) is 0 Å². The van der Waals surface area contributed by atoms with Crippen molar-refractivity contribution in [3.63, 3.8) is 0 Å². The molecule has 0 heterocycles. The fourth-order valence-corrected chi connectivity index (χ4v) is 1.31. The minimum absolute atomic E-state index is 0.362. The first-order chi connectivity index (χ1) is 6.69. The highest BCUT2D eigenvalue weighted by Crippen LogP contribution is 2.20. The van der Waals surface area contributed by atoms with E-state index < -0.39 is 6.10 Å². The van der Waals surface area contributed by atoms with Gasteiger partial charge in [-0.2, -0.15) is 0 Å². The van der Waals surface area contributed by atoms with E-state index in [-0.39, 0.29) is 6.10 Å². The summed E-state index contributed by atoms with van der Waals surface area (Å²) in [6, 6.07) is 0. The molecule has 0 aromatic heterocycles. The van der Waals surface area contributed by atoms with Gasteiger partial charge >= 0.3 is 0 Å². The van der Waals surface area contributed by atoms with E-state index in [9.17, 15) is 5.11 Å². The summed E-state index contributed by atoms with van der Waals surface area (Å²) in [6.45, 7) is 5.91. The molecule has 2 atom stereocenters. The summed E-state index contributed by atoms with van der Waals surface area (Å²) < 4.78 is 10.1. The molecule has 14 heavy (non-hydrogen) atoms. The zero-order valence-corrected chi connectivity index (χ0v) is 9.57. The van der Waals surface area contributed by atoms with Crippen LogP contribution in [0.5, 0.6) is 0 Å². The number of rotatable bonds is 2. The van der Waals surface area contributed by atoms with E-state index in [1.165, 1.54) is 0 Å². The van der Waals surface area contributed by atoms with Gasteiger partial charge in [-0.05, 0) is 18.6 Å². The highest BCUT2D eigenvalue weighted by molar-refractivity contribution is 5.29. The summed E-state index contributed by atoms with van der Waals surface area (Å²) in [5.74, 6) is 0.671. The minimum atomic E-state index is -0.602. The van der Waals surface area contributed by atoms with Crippen molar-refractivity contribution in [3.05, 3.63) is 23.5 Å². The van der Waals surface area contributed by atoms with Crippen LogP contribution in [0, 0.1) is 0 Å². The highest BCUT2D eigenvalue weighted by atomic mass is 16.5. The zero-order valence-electron chi connectivity index (χ0n) is 9.57. The van der Waals surface area contributed by atoms with Gasteiger partial charge in [0.2, 0.25) is 0 Å². The molecule has 0 saturated heterocycles. The van der Waals surface area contributed by atoms with Crippen molar-refractivity contribution in [2.75, 3.05) is 14.2 Å². The number of hydrogen-bond acceptors (Lipinski definition) is 3. The van der Waals surface area contributed by atoms with Crippen LogP contribution < -0.4 is 0 Å². The van der Waals surface area contributed by atoms with Crippen LogP contribution >= 0.6 is 0 Å². The Morgan fingerprint density at radius 2 is 1.86 bits per heavy atom. The van der Waals surface area contributed by atoms with E-state index >= 15 is 0 Å². The minimum Gasteiger partial charge on any atom is -0.498 e. The Bertz CT molecular complexity index is 219. The zero-order chi connectivity index (χ0) is 11.1. The molecule has 1 rings (SSSR count). The largest absolute Gasteiger partial charge is 0.498 e. The lowest BCUT2D eigenvalue weighted by Gasteiger charge is -2.24. The second-order valence-corrected chi connectivity index (χ2v) is 2.81. The Morgan fingerprint density at radius 1 is 1.29 bits per heavy atom. The molecule has 0 saturated carbocycles. The van der Waals surface area contributed by atoms with Crippen LogP contribution in [0.4, 0.5) is 0 Å². The van der Waals surface area contributed by atoms with Gasteiger partial charge in [0.1, 0.15) is 18.0 Å². The van der Waals surface area contributed by atoms with Crippen molar-refractivity contribution in [3.8, 4) is 0 Å². The number of hydrogen-bond donors (Lipinski definition) is 1. The molecule has 0 bridgehead atoms. The molecule has 0 aromatic carbocycles. The van der Waals surface area contributed by atoms with Crippen molar-refractivity contribution < 1.29 is 14.6 Å². The molecule has 2 unspecified atom stereocenters. The van der Waals surface area contributed by atoms with Gasteiger partial charge in [-0.1, -0.05) is 19.9 Å². The lowest BCUT2D eigenvalue weighted by Crippen LogP contribution is -2.31. The Kier molecular flexibility index (Phi) is 6.25. The normalized spacial score (nSPS) is 25.6. The van der Waals surface area contributed by atoms with Gasteiger partial charge in [0.15, 0.2) is 0 Å². The summed E-state index contributed by atoms with van der Waals surface area (Å²) in [5, 5.41) is 9.52. The molecule has 1 N–H and O–H groups in total. The van der Waals surface area contributed by atoms with Crippen molar-refractivity contribution in [1.29, 1.82) is 0 Å². The SMILES string of the molecule is CC.COC1=CC(C)=CC(O)C1OC. The number of allylic oxidation sites excluding steroid dienone is 2. The third-order valence-electron chi connectivity index (χ3n) is 1.88. The second-order valence-electron chi connectivity index (χ2n) is 2.81. The maximum absolute atomic E-state index is 9.52. The molecule has 1 aliphatic carbocycles.